The summed E-state index contributed by atoms with van der Waals surface area (Å²) in [6.45, 7) is 8.28. The molecule has 0 amide bonds. The zero-order chi connectivity index (χ0) is 23.9. The first kappa shape index (κ1) is 22.9. The first-order valence-corrected chi connectivity index (χ1v) is 13.5. The maximum absolute atomic E-state index is 13.2. The van der Waals surface area contributed by atoms with Crippen LogP contribution in [0.5, 0.6) is 0 Å². The molecule has 0 spiro atoms. The molecule has 0 atom stereocenters. The van der Waals surface area contributed by atoms with E-state index in [0.717, 1.165) is 24.9 Å². The van der Waals surface area contributed by atoms with Crippen molar-refractivity contribution in [1.82, 2.24) is 8.87 Å². The Bertz CT molecular complexity index is 1440. The maximum Gasteiger partial charge on any atom is 0.243 e. The lowest BCUT2D eigenvalue weighted by atomic mass is 9.88. The second-order valence-electron chi connectivity index (χ2n) is 9.52. The van der Waals surface area contributed by atoms with Crippen molar-refractivity contribution >= 4 is 20.9 Å². The van der Waals surface area contributed by atoms with Gasteiger partial charge in [0.2, 0.25) is 10.0 Å². The maximum atomic E-state index is 13.2. The quantitative estimate of drug-likeness (QED) is 0.348. The highest BCUT2D eigenvalue weighted by Crippen LogP contribution is 2.38. The molecule has 4 aromatic rings. The van der Waals surface area contributed by atoms with Gasteiger partial charge >= 0.3 is 0 Å². The zero-order valence-electron chi connectivity index (χ0n) is 20.2. The number of benzene rings is 3. The summed E-state index contributed by atoms with van der Waals surface area (Å²) in [7, 11) is -3.45. The summed E-state index contributed by atoms with van der Waals surface area (Å²) in [4.78, 5) is 0.400. The summed E-state index contributed by atoms with van der Waals surface area (Å²) in [5.74, 6) is 0.354. The Morgan fingerprint density at radius 1 is 0.853 bits per heavy atom. The Kier molecular flexibility index (Phi) is 6.09. The minimum atomic E-state index is -3.45. The zero-order valence-corrected chi connectivity index (χ0v) is 21.0. The van der Waals surface area contributed by atoms with E-state index in [-0.39, 0.29) is 0 Å². The van der Waals surface area contributed by atoms with Gasteiger partial charge in [-0.15, -0.1) is 0 Å². The van der Waals surface area contributed by atoms with Crippen LogP contribution in [-0.4, -0.2) is 30.4 Å². The van der Waals surface area contributed by atoms with Crippen molar-refractivity contribution in [3.8, 4) is 0 Å². The Balaban J connectivity index is 1.44. The van der Waals surface area contributed by atoms with Gasteiger partial charge in [-0.3, -0.25) is 0 Å². The summed E-state index contributed by atoms with van der Waals surface area (Å²) in [6, 6.07) is 24.4. The third-order valence-corrected chi connectivity index (χ3v) is 9.25. The molecule has 0 bridgehead atoms. The minimum absolute atomic E-state index is 0.354. The topological polar surface area (TPSA) is 42.3 Å². The smallest absolute Gasteiger partial charge is 0.243 e. The molecule has 1 aliphatic heterocycles. The summed E-state index contributed by atoms with van der Waals surface area (Å²) >= 11 is 0. The monoisotopic (exact) mass is 472 g/mol. The molecular weight excluding hydrogens is 440 g/mol. The van der Waals surface area contributed by atoms with Gasteiger partial charge < -0.3 is 4.57 Å². The molecule has 0 aliphatic carbocycles. The van der Waals surface area contributed by atoms with Crippen molar-refractivity contribution in [3.05, 3.63) is 101 Å². The summed E-state index contributed by atoms with van der Waals surface area (Å²) in [5.41, 5.74) is 7.54. The number of nitrogens with zero attached hydrogens (tertiary/aromatic N) is 2. The Labute approximate surface area is 202 Å². The molecule has 4 nitrogen and oxygen atoms in total. The van der Waals surface area contributed by atoms with E-state index >= 15 is 0 Å². The van der Waals surface area contributed by atoms with Crippen molar-refractivity contribution in [2.45, 2.75) is 51.0 Å². The number of aromatic nitrogens is 1. The molecule has 0 radical (unpaired) electrons. The van der Waals surface area contributed by atoms with Crippen LogP contribution in [0.25, 0.3) is 10.9 Å². The van der Waals surface area contributed by atoms with Crippen LogP contribution in [0.15, 0.2) is 77.7 Å². The highest BCUT2D eigenvalue weighted by atomic mass is 32.2. The number of piperidine rings is 1. The van der Waals surface area contributed by atoms with Gasteiger partial charge in [-0.25, -0.2) is 8.42 Å². The van der Waals surface area contributed by atoms with Crippen LogP contribution >= 0.6 is 0 Å². The van der Waals surface area contributed by atoms with Crippen LogP contribution in [0.4, 0.5) is 0 Å². The van der Waals surface area contributed by atoms with Crippen molar-refractivity contribution in [3.63, 3.8) is 0 Å². The Morgan fingerprint density at radius 2 is 1.56 bits per heavy atom. The van der Waals surface area contributed by atoms with Gasteiger partial charge in [0, 0.05) is 36.2 Å². The van der Waals surface area contributed by atoms with E-state index in [9.17, 15) is 8.42 Å². The number of rotatable bonds is 5. The Morgan fingerprint density at radius 3 is 2.29 bits per heavy atom. The predicted octanol–water partition coefficient (Wildman–Crippen LogP) is 6.18. The van der Waals surface area contributed by atoms with Crippen LogP contribution < -0.4 is 0 Å². The first-order valence-electron chi connectivity index (χ1n) is 12.1. The highest BCUT2D eigenvalue weighted by Gasteiger charge is 2.32. The van der Waals surface area contributed by atoms with E-state index in [1.54, 1.807) is 16.4 Å². The third-order valence-electron chi connectivity index (χ3n) is 7.36. The van der Waals surface area contributed by atoms with Crippen LogP contribution in [0.2, 0.25) is 0 Å². The molecular formula is C29H32N2O2S. The molecule has 0 unspecified atom stereocenters. The van der Waals surface area contributed by atoms with Gasteiger partial charge in [0.05, 0.1) is 4.90 Å². The standard InChI is InChI=1S/C29H32N2O2S/c1-21-9-8-12-26(19-21)34(32,33)30-17-15-24(16-18-30)29-23(3)31(28-14-7-6-13-27(28)29)20-25-11-5-4-10-22(25)2/h4-14,19,24H,15-18,20H2,1-3H3. The number of hydrogen-bond donors (Lipinski definition) is 0. The molecule has 5 heteroatoms. The molecule has 1 fully saturated rings. The van der Waals surface area contributed by atoms with Crippen LogP contribution in [0.3, 0.4) is 0 Å². The van der Waals surface area contributed by atoms with Gasteiger partial charge in [-0.1, -0.05) is 54.6 Å². The van der Waals surface area contributed by atoms with E-state index in [1.165, 1.54) is 33.3 Å². The van der Waals surface area contributed by atoms with E-state index in [4.69, 9.17) is 0 Å². The number of sulfonamides is 1. The van der Waals surface area contributed by atoms with Crippen LogP contribution in [0.1, 0.15) is 46.7 Å². The average molecular weight is 473 g/mol. The summed E-state index contributed by atoms with van der Waals surface area (Å²) in [5, 5.41) is 1.30. The Hall–Kier alpha value is -2.89. The normalized spacial score (nSPS) is 15.7. The highest BCUT2D eigenvalue weighted by molar-refractivity contribution is 7.89. The van der Waals surface area contributed by atoms with Crippen molar-refractivity contribution < 1.29 is 8.42 Å². The largest absolute Gasteiger partial charge is 0.340 e. The van der Waals surface area contributed by atoms with Gasteiger partial charge in [0.15, 0.2) is 0 Å². The second-order valence-corrected chi connectivity index (χ2v) is 11.5. The SMILES string of the molecule is Cc1cccc(S(=O)(=O)N2CCC(c3c(C)n(Cc4ccccc4C)c4ccccc34)CC2)c1. The lowest BCUT2D eigenvalue weighted by Crippen LogP contribution is -2.38. The van der Waals surface area contributed by atoms with Crippen LogP contribution in [-0.2, 0) is 16.6 Å². The fourth-order valence-electron chi connectivity index (χ4n) is 5.44. The van der Waals surface area contributed by atoms with E-state index in [2.05, 4.69) is 66.9 Å². The number of para-hydroxylation sites is 1. The second kappa shape index (κ2) is 9.05. The van der Waals surface area contributed by atoms with Gasteiger partial charge in [-0.2, -0.15) is 4.31 Å². The van der Waals surface area contributed by atoms with E-state index in [0.29, 0.717) is 23.9 Å². The lowest BCUT2D eigenvalue weighted by Gasteiger charge is -2.31. The molecule has 1 aromatic heterocycles. The van der Waals surface area contributed by atoms with Gasteiger partial charge in [0.1, 0.15) is 0 Å². The van der Waals surface area contributed by atoms with Crippen molar-refractivity contribution in [2.24, 2.45) is 0 Å². The predicted molar refractivity (Wildman–Crippen MR) is 139 cm³/mol. The molecule has 176 valence electrons. The molecule has 2 heterocycles. The molecule has 0 N–H and O–H groups in total. The molecule has 1 saturated heterocycles. The van der Waals surface area contributed by atoms with Gasteiger partial charge in [0.25, 0.3) is 0 Å². The minimum Gasteiger partial charge on any atom is -0.340 e. The van der Waals surface area contributed by atoms with Crippen molar-refractivity contribution in [2.75, 3.05) is 13.1 Å². The number of fused-ring (bicyclic) bond motifs is 1. The number of hydrogen-bond acceptors (Lipinski definition) is 2. The molecule has 0 saturated carbocycles. The molecule has 5 rings (SSSR count). The summed E-state index contributed by atoms with van der Waals surface area (Å²) < 4.78 is 30.5. The van der Waals surface area contributed by atoms with Crippen LogP contribution in [0, 0.1) is 20.8 Å². The van der Waals surface area contributed by atoms with E-state index in [1.807, 2.05) is 19.1 Å². The first-order chi connectivity index (χ1) is 16.4. The van der Waals surface area contributed by atoms with E-state index < -0.39 is 10.0 Å². The summed E-state index contributed by atoms with van der Waals surface area (Å²) in [6.07, 6.45) is 1.68. The fraction of sp³-hybridized carbons (Fsp3) is 0.310. The molecule has 1 aliphatic rings. The third kappa shape index (κ3) is 4.08. The fourth-order valence-corrected chi connectivity index (χ4v) is 7.02. The molecule has 34 heavy (non-hydrogen) atoms. The average Bonchev–Trinajstić information content (AvgIpc) is 3.12. The lowest BCUT2D eigenvalue weighted by molar-refractivity contribution is 0.319. The van der Waals surface area contributed by atoms with Crippen molar-refractivity contribution in [1.29, 1.82) is 0 Å². The number of aryl methyl sites for hydroxylation is 2. The van der Waals surface area contributed by atoms with Gasteiger partial charge in [-0.05, 0) is 80.0 Å². The molecule has 3 aromatic carbocycles.